The van der Waals surface area contributed by atoms with Gasteiger partial charge in [0, 0.05) is 29.8 Å². The highest BCUT2D eigenvalue weighted by Crippen LogP contribution is 2.37. The van der Waals surface area contributed by atoms with Crippen molar-refractivity contribution in [2.24, 2.45) is 0 Å². The van der Waals surface area contributed by atoms with Crippen LogP contribution in [0.15, 0.2) is 18.5 Å². The Morgan fingerprint density at radius 3 is 2.79 bits per heavy atom. The molecule has 2 aliphatic rings. The van der Waals surface area contributed by atoms with E-state index in [1.807, 2.05) is 11.0 Å². The number of hydrogen-bond donors (Lipinski definition) is 3. The van der Waals surface area contributed by atoms with Crippen molar-refractivity contribution < 1.29 is 14.6 Å². The van der Waals surface area contributed by atoms with E-state index in [2.05, 4.69) is 39.3 Å². The van der Waals surface area contributed by atoms with Gasteiger partial charge in [0.05, 0.1) is 24.2 Å². The lowest BCUT2D eigenvalue weighted by atomic mass is 9.90. The smallest absolute Gasteiger partial charge is 0.410 e. The summed E-state index contributed by atoms with van der Waals surface area (Å²) < 4.78 is 5.73. The lowest BCUT2D eigenvalue weighted by molar-refractivity contribution is -0.0101. The fraction of sp³-hybridized carbons (Fsp3) is 0.600. The predicted molar refractivity (Wildman–Crippen MR) is 107 cm³/mol. The number of aromatic nitrogens is 4. The molecule has 3 N–H and O–H groups in total. The minimum Gasteiger partial charge on any atom is -0.446 e. The average molecular weight is 400 g/mol. The first-order chi connectivity index (χ1) is 13.8. The number of carbonyl (C=O) groups is 1. The van der Waals surface area contributed by atoms with E-state index in [9.17, 15) is 9.90 Å². The van der Waals surface area contributed by atoms with E-state index in [1.54, 1.807) is 13.1 Å². The quantitative estimate of drug-likeness (QED) is 0.705. The molecular weight excluding hydrogens is 372 g/mol. The number of anilines is 2. The van der Waals surface area contributed by atoms with Crippen molar-refractivity contribution in [3.8, 4) is 0 Å². The summed E-state index contributed by atoms with van der Waals surface area (Å²) >= 11 is 0. The Kier molecular flexibility index (Phi) is 5.16. The van der Waals surface area contributed by atoms with Gasteiger partial charge in [-0.15, -0.1) is 0 Å². The Hall–Kier alpha value is -2.68. The van der Waals surface area contributed by atoms with E-state index in [0.717, 1.165) is 37.9 Å². The summed E-state index contributed by atoms with van der Waals surface area (Å²) in [7, 11) is 0. The van der Waals surface area contributed by atoms with Crippen LogP contribution in [0.25, 0.3) is 0 Å². The average Bonchev–Trinajstić information content (AvgIpc) is 3.30. The van der Waals surface area contributed by atoms with Gasteiger partial charge in [-0.3, -0.25) is 10.1 Å². The summed E-state index contributed by atoms with van der Waals surface area (Å²) in [4.78, 5) is 22.6. The second-order valence-electron chi connectivity index (χ2n) is 8.57. The second-order valence-corrected chi connectivity index (χ2v) is 8.57. The molecule has 3 atom stereocenters. The molecule has 1 aliphatic heterocycles. The molecule has 156 valence electrons. The summed E-state index contributed by atoms with van der Waals surface area (Å²) in [6, 6.07) is 1.96. The molecule has 2 aromatic heterocycles. The first kappa shape index (κ1) is 19.6. The van der Waals surface area contributed by atoms with Crippen LogP contribution in [-0.2, 0) is 4.74 Å². The molecule has 0 spiro atoms. The van der Waals surface area contributed by atoms with Gasteiger partial charge in [0.15, 0.2) is 5.82 Å². The lowest BCUT2D eigenvalue weighted by Gasteiger charge is -2.47. The summed E-state index contributed by atoms with van der Waals surface area (Å²) in [5.41, 5.74) is 1.45. The molecular formula is C20H28N6O3. The molecule has 0 unspecified atom stereocenters. The summed E-state index contributed by atoms with van der Waals surface area (Å²) in [6.45, 7) is 6.56. The van der Waals surface area contributed by atoms with Crippen LogP contribution in [0.3, 0.4) is 0 Å². The topological polar surface area (TPSA) is 116 Å². The zero-order chi connectivity index (χ0) is 20.6. The van der Waals surface area contributed by atoms with Crippen LogP contribution in [0.4, 0.5) is 16.4 Å². The number of rotatable bonds is 5. The number of nitrogens with one attached hydrogen (secondary N) is 2. The van der Waals surface area contributed by atoms with Crippen LogP contribution < -0.4 is 5.32 Å². The van der Waals surface area contributed by atoms with E-state index in [0.29, 0.717) is 17.3 Å². The molecule has 4 rings (SSSR count). The SMILES string of the molecule is C[C@H](O)c1cnc(Nc2cc([C@H]3CC[C@@H](OC(=O)N4CCC4(C)C)C3)[nH]n2)cn1. The minimum atomic E-state index is -0.648. The van der Waals surface area contributed by atoms with Crippen LogP contribution in [-0.4, -0.2) is 54.5 Å². The number of nitrogens with zero attached hydrogens (tertiary/aromatic N) is 4. The van der Waals surface area contributed by atoms with E-state index in [-0.39, 0.29) is 23.7 Å². The zero-order valence-electron chi connectivity index (χ0n) is 17.1. The number of aromatic amines is 1. The van der Waals surface area contributed by atoms with E-state index < -0.39 is 6.10 Å². The first-order valence-corrected chi connectivity index (χ1v) is 10.1. The molecule has 1 amide bonds. The number of amides is 1. The van der Waals surface area contributed by atoms with Crippen LogP contribution in [0.5, 0.6) is 0 Å². The fourth-order valence-electron chi connectivity index (χ4n) is 3.90. The second kappa shape index (κ2) is 7.62. The van der Waals surface area contributed by atoms with Crippen LogP contribution in [0.1, 0.15) is 69.9 Å². The molecule has 9 heteroatoms. The van der Waals surface area contributed by atoms with Crippen molar-refractivity contribution in [2.75, 3.05) is 11.9 Å². The Balaban J connectivity index is 1.31. The predicted octanol–water partition coefficient (Wildman–Crippen LogP) is 3.25. The summed E-state index contributed by atoms with van der Waals surface area (Å²) in [5, 5.41) is 20.0. The molecule has 3 heterocycles. The van der Waals surface area contributed by atoms with Gasteiger partial charge in [-0.2, -0.15) is 5.10 Å². The van der Waals surface area contributed by atoms with Crippen molar-refractivity contribution in [2.45, 2.75) is 70.1 Å². The molecule has 1 saturated carbocycles. The molecule has 0 bridgehead atoms. The monoisotopic (exact) mass is 400 g/mol. The first-order valence-electron chi connectivity index (χ1n) is 10.1. The highest BCUT2D eigenvalue weighted by atomic mass is 16.6. The molecule has 1 saturated heterocycles. The number of likely N-dealkylation sites (tertiary alicyclic amines) is 1. The summed E-state index contributed by atoms with van der Waals surface area (Å²) in [6.07, 6.45) is 5.83. The number of hydrogen-bond acceptors (Lipinski definition) is 7. The van der Waals surface area contributed by atoms with Crippen molar-refractivity contribution in [1.29, 1.82) is 0 Å². The van der Waals surface area contributed by atoms with Crippen molar-refractivity contribution in [1.82, 2.24) is 25.1 Å². The Labute approximate surface area is 169 Å². The van der Waals surface area contributed by atoms with Crippen molar-refractivity contribution in [3.05, 3.63) is 29.8 Å². The van der Waals surface area contributed by atoms with E-state index in [1.165, 1.54) is 6.20 Å². The molecule has 0 radical (unpaired) electrons. The maximum atomic E-state index is 12.4. The van der Waals surface area contributed by atoms with Gasteiger partial charge < -0.3 is 20.1 Å². The Morgan fingerprint density at radius 2 is 2.17 bits per heavy atom. The molecule has 29 heavy (non-hydrogen) atoms. The van der Waals surface area contributed by atoms with Crippen LogP contribution in [0.2, 0.25) is 0 Å². The number of H-pyrrole nitrogens is 1. The maximum absolute atomic E-state index is 12.4. The van der Waals surface area contributed by atoms with Gasteiger partial charge in [-0.1, -0.05) is 0 Å². The third-order valence-corrected chi connectivity index (χ3v) is 5.94. The highest BCUT2D eigenvalue weighted by Gasteiger charge is 2.41. The number of carbonyl (C=O) groups excluding carboxylic acids is 1. The van der Waals surface area contributed by atoms with Crippen molar-refractivity contribution in [3.63, 3.8) is 0 Å². The summed E-state index contributed by atoms with van der Waals surface area (Å²) in [5.74, 6) is 1.49. The number of aliphatic hydroxyl groups is 1. The largest absolute Gasteiger partial charge is 0.446 e. The van der Waals surface area contributed by atoms with Gasteiger partial charge in [0.25, 0.3) is 0 Å². The Bertz CT molecular complexity index is 863. The van der Waals surface area contributed by atoms with Crippen LogP contribution >= 0.6 is 0 Å². The maximum Gasteiger partial charge on any atom is 0.410 e. The zero-order valence-corrected chi connectivity index (χ0v) is 17.1. The van der Waals surface area contributed by atoms with Crippen molar-refractivity contribution >= 4 is 17.7 Å². The van der Waals surface area contributed by atoms with Gasteiger partial charge in [-0.25, -0.2) is 9.78 Å². The van der Waals surface area contributed by atoms with Gasteiger partial charge in [-0.05, 0) is 46.5 Å². The fourth-order valence-corrected chi connectivity index (χ4v) is 3.90. The highest BCUT2D eigenvalue weighted by molar-refractivity contribution is 5.70. The lowest BCUT2D eigenvalue weighted by Crippen LogP contribution is -2.58. The molecule has 2 fully saturated rings. The number of ether oxygens (including phenoxy) is 1. The normalized spacial score (nSPS) is 24.1. The standard InChI is InChI=1S/C20H28N6O3/c1-12(27)16-10-22-18(11-21-16)23-17-9-15(24-25-17)13-4-5-14(8-13)29-19(28)26-7-6-20(26,2)3/h9-14,27H,4-8H2,1-3H3,(H2,22,23,24,25)/t12-,13-,14+/m0/s1. The third-order valence-electron chi connectivity index (χ3n) is 5.94. The molecule has 2 aromatic rings. The third kappa shape index (κ3) is 4.19. The molecule has 9 nitrogen and oxygen atoms in total. The molecule has 0 aromatic carbocycles. The van der Waals surface area contributed by atoms with Crippen LogP contribution in [0, 0.1) is 0 Å². The van der Waals surface area contributed by atoms with Gasteiger partial charge >= 0.3 is 6.09 Å². The van der Waals surface area contributed by atoms with Gasteiger partial charge in [0.2, 0.25) is 0 Å². The van der Waals surface area contributed by atoms with E-state index >= 15 is 0 Å². The van der Waals surface area contributed by atoms with Gasteiger partial charge in [0.1, 0.15) is 11.9 Å². The number of aliphatic hydroxyl groups excluding tert-OH is 1. The molecule has 1 aliphatic carbocycles. The Morgan fingerprint density at radius 1 is 1.34 bits per heavy atom. The van der Waals surface area contributed by atoms with E-state index in [4.69, 9.17) is 4.74 Å². The minimum absolute atomic E-state index is 0.0532.